The zero-order valence-corrected chi connectivity index (χ0v) is 39.5. The van der Waals surface area contributed by atoms with Crippen LogP contribution < -0.4 is 26.4 Å². The molecule has 0 bridgehead atoms. The Labute approximate surface area is 397 Å². The summed E-state index contributed by atoms with van der Waals surface area (Å²) in [6.45, 7) is 4.08. The Bertz CT molecular complexity index is 2960. The molecule has 4 aliphatic rings. The van der Waals surface area contributed by atoms with E-state index in [-0.39, 0.29) is 23.7 Å². The van der Waals surface area contributed by atoms with E-state index in [2.05, 4.69) is 55.0 Å². The van der Waals surface area contributed by atoms with Crippen molar-refractivity contribution in [1.29, 1.82) is 0 Å². The molecule has 17 heteroatoms. The van der Waals surface area contributed by atoms with Gasteiger partial charge in [0.2, 0.25) is 0 Å². The summed E-state index contributed by atoms with van der Waals surface area (Å²) < 4.78 is 12.0. The van der Waals surface area contributed by atoms with Crippen molar-refractivity contribution in [1.82, 2.24) is 19.8 Å². The molecule has 15 nitrogen and oxygen atoms in total. The van der Waals surface area contributed by atoms with E-state index in [9.17, 15) is 9.59 Å². The number of nitrogens with zero attached hydrogens (tertiary/aromatic N) is 6. The first kappa shape index (κ1) is 46.6. The lowest BCUT2D eigenvalue weighted by atomic mass is 9.78. The molecule has 10 rings (SSSR count). The fourth-order valence-corrected chi connectivity index (χ4v) is 9.92. The number of halogens is 1. The van der Waals surface area contributed by atoms with E-state index in [1.807, 2.05) is 68.6 Å². The van der Waals surface area contributed by atoms with E-state index < -0.39 is 18.2 Å². The summed E-state index contributed by atoms with van der Waals surface area (Å²) in [5.74, 6) is 1.84. The van der Waals surface area contributed by atoms with Crippen LogP contribution in [-0.4, -0.2) is 89.2 Å². The topological polar surface area (TPSA) is 211 Å². The second-order valence-electron chi connectivity index (χ2n) is 16.6. The minimum absolute atomic E-state index is 0.123. The first-order chi connectivity index (χ1) is 32.2. The first-order valence-corrected chi connectivity index (χ1v) is 22.3. The van der Waals surface area contributed by atoms with Crippen LogP contribution in [0.1, 0.15) is 55.6 Å². The third-order valence-corrected chi connectivity index (χ3v) is 13.6. The average molecular weight is 966 g/mol. The molecule has 0 radical (unpaired) electrons. The number of guanidine groups is 2. The zero-order valence-electron chi connectivity index (χ0n) is 37.9. The van der Waals surface area contributed by atoms with Crippen LogP contribution in [0.4, 0.5) is 0 Å². The van der Waals surface area contributed by atoms with E-state index in [4.69, 9.17) is 41.2 Å². The van der Waals surface area contributed by atoms with Crippen molar-refractivity contribution in [2.24, 2.45) is 21.5 Å². The van der Waals surface area contributed by atoms with Crippen LogP contribution in [0.25, 0.3) is 11.1 Å². The summed E-state index contributed by atoms with van der Waals surface area (Å²) >= 11 is 3.55. The summed E-state index contributed by atoms with van der Waals surface area (Å²) in [5.41, 5.74) is 22.4. The largest absolute Gasteiger partial charge is 0.524 e. The Kier molecular flexibility index (Phi) is 13.0. The molecule has 2 amide bonds. The van der Waals surface area contributed by atoms with Gasteiger partial charge in [-0.15, -0.1) is 0 Å². The van der Waals surface area contributed by atoms with Crippen LogP contribution in [0.3, 0.4) is 0 Å². The molecule has 0 fully saturated rings. The van der Waals surface area contributed by atoms with Gasteiger partial charge >= 0.3 is 7.12 Å². The van der Waals surface area contributed by atoms with Gasteiger partial charge in [-0.25, -0.2) is 9.98 Å². The third-order valence-electron chi connectivity index (χ3n) is 13.1. The fourth-order valence-electron chi connectivity index (χ4n) is 9.56. The second kappa shape index (κ2) is 18.8. The highest BCUT2D eigenvalue weighted by Crippen LogP contribution is 2.49. The molecule has 2 aromatic heterocycles. The second-order valence-corrected chi connectivity index (χ2v) is 17.5. The third kappa shape index (κ3) is 8.01. The molecule has 6 N–H and O–H groups in total. The average Bonchev–Trinajstić information content (AvgIpc) is 3.57. The molecule has 2 spiro atoms. The molecule has 4 heterocycles. The highest BCUT2D eigenvalue weighted by molar-refractivity contribution is 9.10. The van der Waals surface area contributed by atoms with Crippen molar-refractivity contribution in [2.75, 3.05) is 28.3 Å². The van der Waals surface area contributed by atoms with Crippen molar-refractivity contribution in [3.8, 4) is 22.6 Å². The lowest BCUT2D eigenvalue weighted by Crippen LogP contribution is -2.41. The highest BCUT2D eigenvalue weighted by atomic mass is 79.9. The normalized spacial score (nSPS) is 18.8. The molecule has 2 atom stereocenters. The summed E-state index contributed by atoms with van der Waals surface area (Å²) in [4.78, 5) is 51.3. The molecule has 67 heavy (non-hydrogen) atoms. The smallest absolute Gasteiger partial charge is 0.496 e. The Balaban J connectivity index is 0.000000153. The Morgan fingerprint density at radius 2 is 1.16 bits per heavy atom. The molecule has 342 valence electrons. The van der Waals surface area contributed by atoms with Crippen molar-refractivity contribution in [3.63, 3.8) is 0 Å². The molecular weight excluding hydrogens is 915 g/mol. The number of fused-ring (bicyclic) bond motifs is 8. The van der Waals surface area contributed by atoms with Gasteiger partial charge in [0, 0.05) is 48.8 Å². The number of carbonyl (C=O) groups excluding carboxylic acids is 2. The van der Waals surface area contributed by atoms with Gasteiger partial charge in [0.15, 0.2) is 23.0 Å². The highest BCUT2D eigenvalue weighted by Gasteiger charge is 2.54. The number of ether oxygens (including phenoxy) is 2. The lowest BCUT2D eigenvalue weighted by molar-refractivity contribution is -0.154. The lowest BCUT2D eigenvalue weighted by Gasteiger charge is -2.29. The zero-order chi connectivity index (χ0) is 47.8. The monoisotopic (exact) mass is 964 g/mol. The minimum Gasteiger partial charge on any atom is -0.496 e. The number of aliphatic imine (C=N–C) groups is 2. The van der Waals surface area contributed by atoms with E-state index in [1.54, 1.807) is 52.8 Å². The predicted molar refractivity (Wildman–Crippen MR) is 260 cm³/mol. The van der Waals surface area contributed by atoms with Gasteiger partial charge in [-0.1, -0.05) is 58.4 Å². The maximum absolute atomic E-state index is 13.8. The maximum Gasteiger partial charge on any atom is 0.524 e. The number of amides is 2. The van der Waals surface area contributed by atoms with E-state index in [0.717, 1.165) is 108 Å². The minimum atomic E-state index is -1.30. The van der Waals surface area contributed by atoms with Crippen molar-refractivity contribution < 1.29 is 34.1 Å². The summed E-state index contributed by atoms with van der Waals surface area (Å²) in [5, 5.41) is 16.8. The van der Waals surface area contributed by atoms with Crippen LogP contribution in [0, 0.1) is 13.8 Å². The van der Waals surface area contributed by atoms with Gasteiger partial charge in [-0.05, 0) is 149 Å². The first-order valence-electron chi connectivity index (χ1n) is 21.5. The van der Waals surface area contributed by atoms with Crippen LogP contribution in [0.15, 0.2) is 124 Å². The number of aryl methyl sites for hydroxylation is 2. The van der Waals surface area contributed by atoms with E-state index in [1.165, 1.54) is 16.0 Å². The predicted octanol–water partition coefficient (Wildman–Crippen LogP) is 5.35. The molecule has 4 aromatic carbocycles. The van der Waals surface area contributed by atoms with Crippen LogP contribution in [0.5, 0.6) is 11.5 Å². The fraction of sp³-hybridized carbons (Fsp3) is 0.240. The molecule has 0 saturated heterocycles. The van der Waals surface area contributed by atoms with Gasteiger partial charge in [0.05, 0.1) is 14.2 Å². The molecule has 0 saturated carbocycles. The SMILES string of the molecule is COc1ccc2c(c1C)CCc1ccc(-c3cccnc3)cc1C21N=C(N)N(C)C1=O.COc1ccc2c(c1C)CCc1ccc(Br)cc1C21N=C(N)N(C)C1=O.OOB(O)c1cccnc1. The molecule has 2 unspecified atom stereocenters. The van der Waals surface area contributed by atoms with Crippen LogP contribution >= 0.6 is 15.9 Å². The maximum atomic E-state index is 13.8. The van der Waals surface area contributed by atoms with Crippen LogP contribution in [-0.2, 0) is 51.2 Å². The quantitative estimate of drug-likeness (QED) is 0.0984. The molecule has 2 aliphatic carbocycles. The van der Waals surface area contributed by atoms with Gasteiger partial charge in [-0.3, -0.25) is 39.4 Å². The number of carbonyl (C=O) groups is 2. The summed E-state index contributed by atoms with van der Waals surface area (Å²) in [7, 11) is 5.39. The van der Waals surface area contributed by atoms with Gasteiger partial charge in [0.25, 0.3) is 11.8 Å². The van der Waals surface area contributed by atoms with Crippen molar-refractivity contribution in [2.45, 2.75) is 50.6 Å². The van der Waals surface area contributed by atoms with E-state index in [0.29, 0.717) is 5.46 Å². The van der Waals surface area contributed by atoms with E-state index >= 15 is 0 Å². The summed E-state index contributed by atoms with van der Waals surface area (Å²) in [6, 6.07) is 27.3. The number of hydrogen-bond donors (Lipinski definition) is 4. The molecule has 6 aromatic rings. The Hall–Kier alpha value is -6.92. The van der Waals surface area contributed by atoms with Crippen molar-refractivity contribution in [3.05, 3.63) is 170 Å². The van der Waals surface area contributed by atoms with Crippen molar-refractivity contribution >= 4 is 52.2 Å². The number of benzene rings is 4. The number of aromatic nitrogens is 2. The number of pyridine rings is 2. The summed E-state index contributed by atoms with van der Waals surface area (Å²) in [6.07, 6.45) is 9.80. The number of hydrogen-bond acceptors (Lipinski definition) is 13. The number of nitrogens with two attached hydrogens (primary N) is 2. The van der Waals surface area contributed by atoms with Gasteiger partial charge in [0.1, 0.15) is 11.5 Å². The Morgan fingerprint density at radius 3 is 1.61 bits per heavy atom. The number of methoxy groups -OCH3 is 2. The standard InChI is InChI=1S/C25H24N4O2.C20H20BrN3O2.C5H6BNO3/c1-15-19-9-8-16-6-7-17(18-5-4-12-27-14-18)13-21(16)25(20(19)10-11-22(15)31-3)23(30)29(2)24(26)28-25;1-11-14-7-5-12-4-6-13(21)10-16(12)20(15(14)8-9-17(11)26-3)18(25)24(2)19(22)23-20;8-6(10-9)5-2-1-3-7-4-5/h4-7,10-14H,8-9H2,1-3H3,(H2,26,28);4,6,8-10H,5,7H2,1-3H3,(H2,22,23);1-4,8-9H. The van der Waals surface area contributed by atoms with Gasteiger partial charge in [-0.2, -0.15) is 0 Å². The number of likely N-dealkylation sites (N-methyl/N-ethyl adjacent to an activating group) is 2. The Morgan fingerprint density at radius 1 is 0.657 bits per heavy atom. The van der Waals surface area contributed by atoms with Gasteiger partial charge < -0.3 is 26.0 Å². The number of rotatable bonds is 5. The molecular formula is C50H50BBrN8O7. The van der Waals surface area contributed by atoms with Crippen LogP contribution in [0.2, 0.25) is 0 Å². The molecule has 2 aliphatic heterocycles.